The first-order valence-corrected chi connectivity index (χ1v) is 15.3. The van der Waals surface area contributed by atoms with Crippen LogP contribution in [-0.4, -0.2) is 44.3 Å². The van der Waals surface area contributed by atoms with Gasteiger partial charge >= 0.3 is 0 Å². The van der Waals surface area contributed by atoms with Gasteiger partial charge in [0.15, 0.2) is 0 Å². The van der Waals surface area contributed by atoms with Crippen LogP contribution in [-0.2, 0) is 26.2 Å². The van der Waals surface area contributed by atoms with E-state index in [0.29, 0.717) is 18.7 Å². The van der Waals surface area contributed by atoms with Gasteiger partial charge in [-0.1, -0.05) is 85.5 Å². The third kappa shape index (κ3) is 7.94. The second-order valence-corrected chi connectivity index (χ2v) is 12.1. The van der Waals surface area contributed by atoms with E-state index in [1.165, 1.54) is 4.90 Å². The number of sulfonamides is 1. The normalized spacial score (nSPS) is 12.0. The first kappa shape index (κ1) is 30.9. The summed E-state index contributed by atoms with van der Waals surface area (Å²) in [7, 11) is -4.08. The third-order valence-corrected chi connectivity index (χ3v) is 8.65. The van der Waals surface area contributed by atoms with Crippen LogP contribution in [0.2, 0.25) is 0 Å². The second kappa shape index (κ2) is 14.1. The molecule has 8 heteroatoms. The minimum atomic E-state index is -4.08. The molecule has 0 radical (unpaired) electrons. The molecule has 0 saturated carbocycles. The summed E-state index contributed by atoms with van der Waals surface area (Å²) in [6.07, 6.45) is 2.17. The largest absolute Gasteiger partial charge is 0.354 e. The Bertz CT molecular complexity index is 1390. The van der Waals surface area contributed by atoms with Crippen molar-refractivity contribution >= 4 is 27.5 Å². The molecule has 214 valence electrons. The quantitative estimate of drug-likeness (QED) is 0.277. The fourth-order valence-corrected chi connectivity index (χ4v) is 5.92. The number of rotatable bonds is 13. The molecule has 0 aliphatic carbocycles. The van der Waals surface area contributed by atoms with Gasteiger partial charge in [-0.15, -0.1) is 0 Å². The van der Waals surface area contributed by atoms with Crippen molar-refractivity contribution in [2.75, 3.05) is 17.4 Å². The average molecular weight is 564 g/mol. The lowest BCUT2D eigenvalue weighted by Crippen LogP contribution is -2.52. The lowest BCUT2D eigenvalue weighted by molar-refractivity contribution is -0.140. The summed E-state index contributed by atoms with van der Waals surface area (Å²) in [5.74, 6) is -0.685. The molecule has 3 aromatic rings. The highest BCUT2D eigenvalue weighted by molar-refractivity contribution is 7.92. The monoisotopic (exact) mass is 563 g/mol. The molecule has 0 fully saturated rings. The van der Waals surface area contributed by atoms with Crippen LogP contribution in [0.5, 0.6) is 0 Å². The summed E-state index contributed by atoms with van der Waals surface area (Å²) in [4.78, 5) is 29.0. The van der Waals surface area contributed by atoms with Gasteiger partial charge in [-0.3, -0.25) is 13.9 Å². The molecule has 40 heavy (non-hydrogen) atoms. The van der Waals surface area contributed by atoms with E-state index in [9.17, 15) is 18.0 Å². The molecule has 2 amide bonds. The highest BCUT2D eigenvalue weighted by atomic mass is 32.2. The van der Waals surface area contributed by atoms with Crippen molar-refractivity contribution < 1.29 is 18.0 Å². The Morgan fingerprint density at radius 1 is 0.850 bits per heavy atom. The molecule has 0 saturated heterocycles. The van der Waals surface area contributed by atoms with E-state index in [-0.39, 0.29) is 17.3 Å². The lowest BCUT2D eigenvalue weighted by atomic mass is 10.1. The van der Waals surface area contributed by atoms with Crippen molar-refractivity contribution in [3.05, 3.63) is 95.1 Å². The molecule has 0 aromatic heterocycles. The Kier molecular flexibility index (Phi) is 10.9. The number of hydrogen-bond donors (Lipinski definition) is 1. The van der Waals surface area contributed by atoms with Gasteiger partial charge in [-0.25, -0.2) is 8.42 Å². The maximum atomic E-state index is 14.1. The summed E-state index contributed by atoms with van der Waals surface area (Å²) in [6, 6.07) is 20.6. The number of unbranched alkanes of at least 4 members (excludes halogenated alkanes) is 1. The van der Waals surface area contributed by atoms with Gasteiger partial charge in [-0.2, -0.15) is 0 Å². The highest BCUT2D eigenvalue weighted by Gasteiger charge is 2.33. The number of amides is 2. The summed E-state index contributed by atoms with van der Waals surface area (Å²) in [5, 5.41) is 2.96. The van der Waals surface area contributed by atoms with Crippen LogP contribution in [0.4, 0.5) is 5.69 Å². The predicted molar refractivity (Wildman–Crippen MR) is 161 cm³/mol. The van der Waals surface area contributed by atoms with E-state index in [1.54, 1.807) is 36.4 Å². The van der Waals surface area contributed by atoms with Gasteiger partial charge in [-0.05, 0) is 63.4 Å². The first-order chi connectivity index (χ1) is 19.1. The lowest BCUT2D eigenvalue weighted by Gasteiger charge is -2.33. The summed E-state index contributed by atoms with van der Waals surface area (Å²) < 4.78 is 29.0. The van der Waals surface area contributed by atoms with E-state index in [1.807, 2.05) is 71.0 Å². The maximum Gasteiger partial charge on any atom is 0.264 e. The summed E-state index contributed by atoms with van der Waals surface area (Å²) in [6.45, 7) is 9.95. The van der Waals surface area contributed by atoms with Gasteiger partial charge in [0.25, 0.3) is 10.0 Å². The number of anilines is 1. The minimum Gasteiger partial charge on any atom is -0.354 e. The smallest absolute Gasteiger partial charge is 0.264 e. The van der Waals surface area contributed by atoms with Crippen molar-refractivity contribution in [3.63, 3.8) is 0 Å². The van der Waals surface area contributed by atoms with Crippen molar-refractivity contribution in [1.82, 2.24) is 10.2 Å². The third-order valence-electron chi connectivity index (χ3n) is 6.86. The van der Waals surface area contributed by atoms with Gasteiger partial charge < -0.3 is 10.2 Å². The molecule has 0 heterocycles. The van der Waals surface area contributed by atoms with Gasteiger partial charge in [0.05, 0.1) is 10.6 Å². The van der Waals surface area contributed by atoms with E-state index >= 15 is 0 Å². The minimum absolute atomic E-state index is 0.0982. The molecule has 7 nitrogen and oxygen atoms in total. The van der Waals surface area contributed by atoms with E-state index in [4.69, 9.17) is 0 Å². The highest BCUT2D eigenvalue weighted by Crippen LogP contribution is 2.25. The SMILES string of the molecule is CCCCNC(=O)[C@H](CC)N(Cc1cccc(C)c1)C(=O)CN(c1ccc(C)cc1)S(=O)(=O)c1ccc(C)cc1. The van der Waals surface area contributed by atoms with E-state index in [2.05, 4.69) is 5.32 Å². The van der Waals surface area contributed by atoms with Crippen molar-refractivity contribution in [2.24, 2.45) is 0 Å². The molecule has 0 aliphatic heterocycles. The zero-order valence-corrected chi connectivity index (χ0v) is 25.0. The topological polar surface area (TPSA) is 86.8 Å². The molecule has 3 aromatic carbocycles. The molecule has 0 bridgehead atoms. The molecule has 0 spiro atoms. The number of carbonyl (C=O) groups excluding carboxylic acids is 2. The second-order valence-electron chi connectivity index (χ2n) is 10.2. The van der Waals surface area contributed by atoms with Gasteiger partial charge in [0.1, 0.15) is 12.6 Å². The zero-order valence-electron chi connectivity index (χ0n) is 24.2. The van der Waals surface area contributed by atoms with Gasteiger partial charge in [0, 0.05) is 13.1 Å². The molecule has 0 unspecified atom stereocenters. The zero-order chi connectivity index (χ0) is 29.3. The molecule has 3 rings (SSSR count). The Morgan fingerprint density at radius 3 is 2.05 bits per heavy atom. The first-order valence-electron chi connectivity index (χ1n) is 13.9. The van der Waals surface area contributed by atoms with E-state index < -0.39 is 28.5 Å². The Hall–Kier alpha value is -3.65. The number of carbonyl (C=O) groups is 2. The number of aryl methyl sites for hydroxylation is 3. The molecule has 1 N–H and O–H groups in total. The number of nitrogens with zero attached hydrogens (tertiary/aromatic N) is 2. The van der Waals surface area contributed by atoms with Crippen LogP contribution >= 0.6 is 0 Å². The Morgan fingerprint density at radius 2 is 1.48 bits per heavy atom. The standard InChI is InChI=1S/C32H41N3O4S/c1-6-8-20-33-32(37)30(7-2)34(22-27-11-9-10-26(5)21-27)31(36)23-35(28-16-12-24(3)13-17-28)40(38,39)29-18-14-25(4)15-19-29/h9-19,21,30H,6-8,20,22-23H2,1-5H3,(H,33,37)/t30-/m0/s1. The number of hydrogen-bond acceptors (Lipinski definition) is 4. The Labute approximate surface area is 239 Å². The molecular weight excluding hydrogens is 522 g/mol. The van der Waals surface area contributed by atoms with Crippen molar-refractivity contribution in [1.29, 1.82) is 0 Å². The van der Waals surface area contributed by atoms with Crippen LogP contribution < -0.4 is 9.62 Å². The van der Waals surface area contributed by atoms with Crippen molar-refractivity contribution in [2.45, 2.75) is 71.4 Å². The number of benzene rings is 3. The number of nitrogens with one attached hydrogen (secondary N) is 1. The van der Waals surface area contributed by atoms with Crippen LogP contribution in [0, 0.1) is 20.8 Å². The molecule has 1 atom stereocenters. The van der Waals surface area contributed by atoms with Crippen LogP contribution in [0.3, 0.4) is 0 Å². The van der Waals surface area contributed by atoms with Crippen molar-refractivity contribution in [3.8, 4) is 0 Å². The van der Waals surface area contributed by atoms with Gasteiger partial charge in [0.2, 0.25) is 11.8 Å². The molecule has 0 aliphatic rings. The summed E-state index contributed by atoms with van der Waals surface area (Å²) in [5.41, 5.74) is 4.19. The fraction of sp³-hybridized carbons (Fsp3) is 0.375. The van der Waals surface area contributed by atoms with Crippen LogP contribution in [0.15, 0.2) is 77.7 Å². The summed E-state index contributed by atoms with van der Waals surface area (Å²) >= 11 is 0. The van der Waals surface area contributed by atoms with Crippen LogP contribution in [0.1, 0.15) is 55.4 Å². The van der Waals surface area contributed by atoms with Crippen LogP contribution in [0.25, 0.3) is 0 Å². The molecular formula is C32H41N3O4S. The average Bonchev–Trinajstić information content (AvgIpc) is 2.92. The maximum absolute atomic E-state index is 14.1. The fourth-order valence-electron chi connectivity index (χ4n) is 4.51. The van der Waals surface area contributed by atoms with E-state index in [0.717, 1.165) is 39.4 Å². The Balaban J connectivity index is 2.03. The predicted octanol–water partition coefficient (Wildman–Crippen LogP) is 5.53.